The van der Waals surface area contributed by atoms with Crippen LogP contribution in [-0.2, 0) is 13.0 Å². The lowest BCUT2D eigenvalue weighted by atomic mass is 10.2. The van der Waals surface area contributed by atoms with Crippen molar-refractivity contribution >= 4 is 27.5 Å². The third kappa shape index (κ3) is 3.23. The molecule has 0 radical (unpaired) electrons. The Bertz CT molecular complexity index is 809. The molecule has 3 rings (SSSR count). The minimum absolute atomic E-state index is 0.0138. The van der Waals surface area contributed by atoms with Gasteiger partial charge in [0.2, 0.25) is 0 Å². The summed E-state index contributed by atoms with van der Waals surface area (Å²) in [7, 11) is 1.89. The van der Waals surface area contributed by atoms with E-state index in [0.717, 1.165) is 56.6 Å². The summed E-state index contributed by atoms with van der Waals surface area (Å²) in [4.78, 5) is 31.3. The highest BCUT2D eigenvalue weighted by Crippen LogP contribution is 2.28. The van der Waals surface area contributed by atoms with E-state index in [1.54, 1.807) is 0 Å². The summed E-state index contributed by atoms with van der Waals surface area (Å²) >= 11 is 1.34. The van der Waals surface area contributed by atoms with E-state index in [1.807, 2.05) is 18.5 Å². The molecule has 7 heteroatoms. The molecular weight excluding hydrogens is 324 g/mol. The molecule has 24 heavy (non-hydrogen) atoms. The minimum Gasteiger partial charge on any atom is -0.351 e. The van der Waals surface area contributed by atoms with Gasteiger partial charge in [-0.25, -0.2) is 4.98 Å². The summed E-state index contributed by atoms with van der Waals surface area (Å²) < 4.78 is 1.81. The van der Waals surface area contributed by atoms with Crippen molar-refractivity contribution in [3.8, 4) is 0 Å². The Morgan fingerprint density at radius 2 is 2.12 bits per heavy atom. The topological polar surface area (TPSA) is 76.0 Å². The normalized spacial score (nSPS) is 14.4. The number of carbonyl (C=O) groups is 1. The second-order valence-electron chi connectivity index (χ2n) is 6.24. The first kappa shape index (κ1) is 17.1. The van der Waals surface area contributed by atoms with Gasteiger partial charge < -0.3 is 10.6 Å². The Labute approximate surface area is 145 Å². The number of aromatic nitrogens is 2. The van der Waals surface area contributed by atoms with Crippen LogP contribution < -0.4 is 16.2 Å². The average Bonchev–Trinajstić information content (AvgIpc) is 2.74. The van der Waals surface area contributed by atoms with E-state index in [9.17, 15) is 9.59 Å². The standard InChI is InChI=1S/C17H24N4O2S/c1-11-13-16(24-14(11)15(22)19-9-6-8-18-2)20-12-7-4-3-5-10-21(12)17(13)23/h18H,3-10H2,1-2H3,(H,19,22). The highest BCUT2D eigenvalue weighted by molar-refractivity contribution is 7.20. The fraction of sp³-hybridized carbons (Fsp3) is 0.588. The molecule has 0 aromatic carbocycles. The van der Waals surface area contributed by atoms with Crippen LogP contribution in [0.15, 0.2) is 4.79 Å². The maximum atomic E-state index is 12.9. The SMILES string of the molecule is CNCCCNC(=O)c1sc2nc3n(c(=O)c2c1C)CCCCC3. The Hall–Kier alpha value is -1.73. The molecule has 0 fully saturated rings. The van der Waals surface area contributed by atoms with Crippen molar-refractivity contribution in [1.82, 2.24) is 20.2 Å². The van der Waals surface area contributed by atoms with Crippen molar-refractivity contribution < 1.29 is 4.79 Å². The fourth-order valence-corrected chi connectivity index (χ4v) is 4.28. The number of aryl methyl sites for hydroxylation is 2. The van der Waals surface area contributed by atoms with Gasteiger partial charge in [-0.05, 0) is 45.3 Å². The first-order valence-corrected chi connectivity index (χ1v) is 9.40. The molecule has 3 heterocycles. The highest BCUT2D eigenvalue weighted by Gasteiger charge is 2.21. The van der Waals surface area contributed by atoms with Crippen LogP contribution in [0.4, 0.5) is 0 Å². The zero-order chi connectivity index (χ0) is 17.1. The number of thiophene rings is 1. The van der Waals surface area contributed by atoms with Gasteiger partial charge in [-0.15, -0.1) is 11.3 Å². The Morgan fingerprint density at radius 3 is 2.92 bits per heavy atom. The molecule has 2 N–H and O–H groups in total. The van der Waals surface area contributed by atoms with E-state index >= 15 is 0 Å². The zero-order valence-electron chi connectivity index (χ0n) is 14.3. The van der Waals surface area contributed by atoms with Gasteiger partial charge in [0.05, 0.1) is 10.3 Å². The molecule has 0 spiro atoms. The second-order valence-corrected chi connectivity index (χ2v) is 7.24. The lowest BCUT2D eigenvalue weighted by molar-refractivity contribution is 0.0957. The van der Waals surface area contributed by atoms with E-state index in [1.165, 1.54) is 11.3 Å². The molecule has 0 atom stereocenters. The summed E-state index contributed by atoms with van der Waals surface area (Å²) in [5.74, 6) is 0.762. The number of fused-ring (bicyclic) bond motifs is 2. The van der Waals surface area contributed by atoms with Crippen LogP contribution in [-0.4, -0.2) is 35.6 Å². The molecule has 0 unspecified atom stereocenters. The van der Waals surface area contributed by atoms with Gasteiger partial charge >= 0.3 is 0 Å². The number of carbonyl (C=O) groups excluding carboxylic acids is 1. The summed E-state index contributed by atoms with van der Waals surface area (Å²) in [6.07, 6.45) is 4.94. The molecule has 130 valence electrons. The number of hydrogen-bond donors (Lipinski definition) is 2. The van der Waals surface area contributed by atoms with Gasteiger partial charge in [-0.1, -0.05) is 6.42 Å². The van der Waals surface area contributed by atoms with Gasteiger partial charge in [0.25, 0.3) is 11.5 Å². The van der Waals surface area contributed by atoms with Gasteiger partial charge in [-0.2, -0.15) is 0 Å². The van der Waals surface area contributed by atoms with Gasteiger partial charge in [0, 0.05) is 19.5 Å². The van der Waals surface area contributed by atoms with E-state index < -0.39 is 0 Å². The van der Waals surface area contributed by atoms with Crippen LogP contribution in [0.25, 0.3) is 10.2 Å². The van der Waals surface area contributed by atoms with Gasteiger partial charge in [0.15, 0.2) is 0 Å². The van der Waals surface area contributed by atoms with Crippen LogP contribution in [0.2, 0.25) is 0 Å². The first-order valence-electron chi connectivity index (χ1n) is 8.59. The predicted octanol–water partition coefficient (Wildman–Crippen LogP) is 1.83. The Kier molecular flexibility index (Phi) is 5.30. The van der Waals surface area contributed by atoms with E-state index in [-0.39, 0.29) is 11.5 Å². The smallest absolute Gasteiger partial charge is 0.262 e. The summed E-state index contributed by atoms with van der Waals surface area (Å²) in [5.41, 5.74) is 0.776. The molecule has 2 aromatic heterocycles. The highest BCUT2D eigenvalue weighted by atomic mass is 32.1. The second kappa shape index (κ2) is 7.44. The summed E-state index contributed by atoms with van der Waals surface area (Å²) in [6, 6.07) is 0. The number of amides is 1. The molecule has 6 nitrogen and oxygen atoms in total. The molecular formula is C17H24N4O2S. The Morgan fingerprint density at radius 1 is 1.29 bits per heavy atom. The molecule has 0 saturated carbocycles. The van der Waals surface area contributed by atoms with E-state index in [0.29, 0.717) is 21.6 Å². The maximum Gasteiger partial charge on any atom is 0.262 e. The van der Waals surface area contributed by atoms with E-state index in [4.69, 9.17) is 4.98 Å². The fourth-order valence-electron chi connectivity index (χ4n) is 3.17. The zero-order valence-corrected chi connectivity index (χ0v) is 15.1. The van der Waals surface area contributed by atoms with Crippen LogP contribution >= 0.6 is 11.3 Å². The summed E-state index contributed by atoms with van der Waals surface area (Å²) in [5, 5.41) is 6.60. The van der Waals surface area contributed by atoms with Crippen molar-refractivity contribution in [2.45, 2.75) is 45.6 Å². The number of nitrogens with zero attached hydrogens (tertiary/aromatic N) is 2. The number of rotatable bonds is 5. The van der Waals surface area contributed by atoms with Crippen LogP contribution in [0, 0.1) is 6.92 Å². The quantitative estimate of drug-likeness (QED) is 0.809. The molecule has 1 aliphatic heterocycles. The average molecular weight is 348 g/mol. The van der Waals surface area contributed by atoms with Crippen molar-refractivity contribution in [1.29, 1.82) is 0 Å². The van der Waals surface area contributed by atoms with Crippen LogP contribution in [0.3, 0.4) is 0 Å². The van der Waals surface area contributed by atoms with Gasteiger partial charge in [0.1, 0.15) is 10.7 Å². The Balaban J connectivity index is 1.94. The molecule has 2 aromatic rings. The lowest BCUT2D eigenvalue weighted by Gasteiger charge is -2.08. The van der Waals surface area contributed by atoms with Crippen LogP contribution in [0.5, 0.6) is 0 Å². The molecule has 1 aliphatic rings. The molecule has 0 bridgehead atoms. The van der Waals surface area contributed by atoms with Crippen molar-refractivity contribution in [2.75, 3.05) is 20.1 Å². The molecule has 0 aliphatic carbocycles. The number of hydrogen-bond acceptors (Lipinski definition) is 5. The van der Waals surface area contributed by atoms with Crippen molar-refractivity contribution in [2.24, 2.45) is 0 Å². The van der Waals surface area contributed by atoms with E-state index in [2.05, 4.69) is 10.6 Å². The van der Waals surface area contributed by atoms with Crippen molar-refractivity contribution in [3.63, 3.8) is 0 Å². The minimum atomic E-state index is -0.105. The molecule has 0 saturated heterocycles. The largest absolute Gasteiger partial charge is 0.351 e. The third-order valence-electron chi connectivity index (χ3n) is 4.51. The first-order chi connectivity index (χ1) is 11.6. The maximum absolute atomic E-state index is 12.9. The monoisotopic (exact) mass is 348 g/mol. The predicted molar refractivity (Wildman–Crippen MR) is 97.0 cm³/mol. The summed E-state index contributed by atoms with van der Waals surface area (Å²) in [6.45, 7) is 4.07. The van der Waals surface area contributed by atoms with Gasteiger partial charge in [-0.3, -0.25) is 14.2 Å². The number of nitrogens with one attached hydrogen (secondary N) is 2. The van der Waals surface area contributed by atoms with Crippen LogP contribution in [0.1, 0.15) is 46.7 Å². The lowest BCUT2D eigenvalue weighted by Crippen LogP contribution is -2.26. The molecule has 1 amide bonds. The van der Waals surface area contributed by atoms with Crippen molar-refractivity contribution in [3.05, 3.63) is 26.6 Å². The third-order valence-corrected chi connectivity index (χ3v) is 5.69.